The Labute approximate surface area is 206 Å². The van der Waals surface area contributed by atoms with E-state index in [2.05, 4.69) is 4.72 Å². The number of carbonyl (C=O) groups excluding carboxylic acids is 1. The van der Waals surface area contributed by atoms with E-state index in [0.717, 1.165) is 36.7 Å². The lowest BCUT2D eigenvalue weighted by atomic mass is 9.62. The van der Waals surface area contributed by atoms with Crippen molar-refractivity contribution in [1.82, 2.24) is 4.72 Å². The second-order valence-electron chi connectivity index (χ2n) is 9.99. The number of para-hydroxylation sites is 1. The van der Waals surface area contributed by atoms with Crippen molar-refractivity contribution in [3.63, 3.8) is 0 Å². The van der Waals surface area contributed by atoms with Gasteiger partial charge in [0.15, 0.2) is 0 Å². The fraction of sp³-hybridized carbons (Fsp3) is 0.560. The van der Waals surface area contributed by atoms with Gasteiger partial charge in [0.2, 0.25) is 15.9 Å². The summed E-state index contributed by atoms with van der Waals surface area (Å²) in [7, 11) is -3.67. The smallest absolute Gasteiger partial charge is 0.217 e. The molecule has 34 heavy (non-hydrogen) atoms. The summed E-state index contributed by atoms with van der Waals surface area (Å²) in [5.74, 6) is -0.112. The third-order valence-corrected chi connectivity index (χ3v) is 8.01. The Balaban J connectivity index is 1.90. The number of fused-ring (bicyclic) bond motifs is 1. The number of allylic oxidation sites excluding steroid dienone is 2. The molecule has 4 rings (SSSR count). The maximum Gasteiger partial charge on any atom is 0.217 e. The van der Waals surface area contributed by atoms with Crippen LogP contribution >= 0.6 is 11.6 Å². The molecule has 3 N–H and O–H groups in total. The molecule has 7 nitrogen and oxygen atoms in total. The van der Waals surface area contributed by atoms with Gasteiger partial charge in [0.05, 0.1) is 22.9 Å². The molecule has 3 atom stereocenters. The lowest BCUT2D eigenvalue weighted by Crippen LogP contribution is -2.64. The van der Waals surface area contributed by atoms with Gasteiger partial charge in [0, 0.05) is 17.9 Å². The SMILES string of the molecule is CC(C)OC1C(CCC(N)=O)=CC=CC1(NS(C)(=O)=O)C1CC2(CCC2)Oc2c(Cl)cccc21. The lowest BCUT2D eigenvalue weighted by molar-refractivity contribution is -0.118. The molecule has 0 bridgehead atoms. The zero-order valence-corrected chi connectivity index (χ0v) is 21.4. The van der Waals surface area contributed by atoms with Gasteiger partial charge in [-0.3, -0.25) is 4.79 Å². The van der Waals surface area contributed by atoms with E-state index in [4.69, 9.17) is 26.8 Å². The monoisotopic (exact) mass is 508 g/mol. The number of rotatable bonds is 8. The van der Waals surface area contributed by atoms with Gasteiger partial charge in [-0.25, -0.2) is 13.1 Å². The molecule has 0 saturated heterocycles. The molecule has 1 aliphatic heterocycles. The Morgan fingerprint density at radius 3 is 2.68 bits per heavy atom. The first-order valence-corrected chi connectivity index (χ1v) is 14.0. The largest absolute Gasteiger partial charge is 0.485 e. The molecule has 0 aromatic heterocycles. The minimum Gasteiger partial charge on any atom is -0.485 e. The van der Waals surface area contributed by atoms with Crippen LogP contribution in [-0.4, -0.2) is 43.9 Å². The Bertz CT molecular complexity index is 1130. The fourth-order valence-corrected chi connectivity index (χ4v) is 6.68. The number of ether oxygens (including phenoxy) is 2. The second-order valence-corrected chi connectivity index (χ2v) is 12.1. The third kappa shape index (κ3) is 4.91. The van der Waals surface area contributed by atoms with Crippen molar-refractivity contribution >= 4 is 27.5 Å². The van der Waals surface area contributed by atoms with Gasteiger partial charge in [0.1, 0.15) is 17.5 Å². The average molecular weight is 509 g/mol. The molecule has 1 saturated carbocycles. The highest BCUT2D eigenvalue weighted by Gasteiger charge is 2.56. The lowest BCUT2D eigenvalue weighted by Gasteiger charge is -2.54. The van der Waals surface area contributed by atoms with Gasteiger partial charge in [-0.15, -0.1) is 0 Å². The molecule has 0 radical (unpaired) electrons. The van der Waals surface area contributed by atoms with Crippen LogP contribution in [0.2, 0.25) is 5.02 Å². The van der Waals surface area contributed by atoms with E-state index < -0.39 is 27.6 Å². The fourth-order valence-electron chi connectivity index (χ4n) is 5.50. The average Bonchev–Trinajstić information content (AvgIpc) is 2.71. The zero-order valence-electron chi connectivity index (χ0n) is 19.8. The van der Waals surface area contributed by atoms with E-state index >= 15 is 0 Å². The Kier molecular flexibility index (Phi) is 6.90. The van der Waals surface area contributed by atoms with Crippen molar-refractivity contribution in [3.8, 4) is 5.75 Å². The van der Waals surface area contributed by atoms with Crippen molar-refractivity contribution in [2.75, 3.05) is 6.26 Å². The van der Waals surface area contributed by atoms with Crippen LogP contribution < -0.4 is 15.2 Å². The van der Waals surface area contributed by atoms with E-state index in [0.29, 0.717) is 23.6 Å². The Hall–Kier alpha value is -1.87. The van der Waals surface area contributed by atoms with Gasteiger partial charge >= 0.3 is 0 Å². The molecule has 1 spiro atoms. The van der Waals surface area contributed by atoms with Gasteiger partial charge in [-0.1, -0.05) is 42.0 Å². The van der Waals surface area contributed by atoms with Crippen LogP contribution in [0.1, 0.15) is 63.9 Å². The summed E-state index contributed by atoms with van der Waals surface area (Å²) in [4.78, 5) is 11.6. The van der Waals surface area contributed by atoms with Crippen molar-refractivity contribution in [1.29, 1.82) is 0 Å². The normalized spacial score (nSPS) is 27.6. The molecular weight excluding hydrogens is 476 g/mol. The van der Waals surface area contributed by atoms with Crippen molar-refractivity contribution in [3.05, 3.63) is 52.6 Å². The summed E-state index contributed by atoms with van der Waals surface area (Å²) in [6.45, 7) is 3.83. The first-order chi connectivity index (χ1) is 15.9. The highest BCUT2D eigenvalue weighted by Crippen LogP contribution is 2.56. The minimum absolute atomic E-state index is 0.146. The molecule has 1 aromatic rings. The molecule has 3 unspecified atom stereocenters. The number of halogens is 1. The molecule has 186 valence electrons. The van der Waals surface area contributed by atoms with E-state index in [9.17, 15) is 13.2 Å². The van der Waals surface area contributed by atoms with E-state index in [1.807, 2.05) is 44.2 Å². The molecular formula is C25H33ClN2O5S. The highest BCUT2D eigenvalue weighted by molar-refractivity contribution is 7.88. The summed E-state index contributed by atoms with van der Waals surface area (Å²) < 4.78 is 41.5. The molecule has 1 amide bonds. The van der Waals surface area contributed by atoms with Gasteiger partial charge in [-0.2, -0.15) is 0 Å². The summed E-state index contributed by atoms with van der Waals surface area (Å²) in [5.41, 5.74) is 5.59. The van der Waals surface area contributed by atoms with Crippen LogP contribution in [-0.2, 0) is 19.6 Å². The van der Waals surface area contributed by atoms with Crippen molar-refractivity contribution in [2.45, 2.75) is 81.6 Å². The topological polar surface area (TPSA) is 108 Å². The number of hydrogen-bond donors (Lipinski definition) is 2. The number of primary amides is 1. The number of nitrogens with two attached hydrogens (primary N) is 1. The minimum atomic E-state index is -3.67. The summed E-state index contributed by atoms with van der Waals surface area (Å²) >= 11 is 6.59. The van der Waals surface area contributed by atoms with Crippen LogP contribution in [0.5, 0.6) is 5.75 Å². The second kappa shape index (κ2) is 9.30. The zero-order chi connectivity index (χ0) is 24.7. The summed E-state index contributed by atoms with van der Waals surface area (Å²) in [6, 6.07) is 5.60. The quantitative estimate of drug-likeness (QED) is 0.552. The van der Waals surface area contributed by atoms with Gasteiger partial charge in [-0.05, 0) is 57.6 Å². The highest BCUT2D eigenvalue weighted by atomic mass is 35.5. The van der Waals surface area contributed by atoms with Gasteiger partial charge in [0.25, 0.3) is 0 Å². The maximum atomic E-state index is 12.8. The number of sulfonamides is 1. The maximum absolute atomic E-state index is 12.8. The summed E-state index contributed by atoms with van der Waals surface area (Å²) in [6.07, 6.45) is 9.92. The number of carbonyl (C=O) groups is 1. The molecule has 9 heteroatoms. The van der Waals surface area contributed by atoms with E-state index in [-0.39, 0.29) is 24.0 Å². The van der Waals surface area contributed by atoms with Crippen molar-refractivity contribution in [2.24, 2.45) is 5.73 Å². The summed E-state index contributed by atoms with van der Waals surface area (Å²) in [5, 5.41) is 0.508. The predicted molar refractivity (Wildman–Crippen MR) is 132 cm³/mol. The third-order valence-electron chi connectivity index (χ3n) is 6.99. The predicted octanol–water partition coefficient (Wildman–Crippen LogP) is 3.97. The molecule has 1 aromatic carbocycles. The van der Waals surface area contributed by atoms with E-state index in [1.165, 1.54) is 0 Å². The molecule has 1 heterocycles. The number of hydrogen-bond acceptors (Lipinski definition) is 5. The number of amides is 1. The first kappa shape index (κ1) is 25.2. The van der Waals surface area contributed by atoms with Crippen LogP contribution in [0.15, 0.2) is 42.0 Å². The molecule has 3 aliphatic rings. The first-order valence-electron chi connectivity index (χ1n) is 11.7. The molecule has 1 fully saturated rings. The van der Waals surface area contributed by atoms with Gasteiger partial charge < -0.3 is 15.2 Å². The van der Waals surface area contributed by atoms with Crippen LogP contribution in [0.3, 0.4) is 0 Å². The van der Waals surface area contributed by atoms with Crippen LogP contribution in [0.4, 0.5) is 0 Å². The van der Waals surface area contributed by atoms with Crippen LogP contribution in [0.25, 0.3) is 0 Å². The standard InChI is InChI=1S/C25H33ClN2O5S/c1-16(2)32-23-17(10-11-21(27)29)7-5-14-25(23,28-34(3,30)31)19-15-24(12-6-13-24)33-22-18(19)8-4-9-20(22)26/h4-5,7-9,14,16,19,23,28H,6,10-13,15H2,1-3H3,(H2,27,29). The van der Waals surface area contributed by atoms with E-state index in [1.54, 1.807) is 6.07 Å². The van der Waals surface area contributed by atoms with Crippen molar-refractivity contribution < 1.29 is 22.7 Å². The number of nitrogens with one attached hydrogen (secondary N) is 1. The molecule has 2 aliphatic carbocycles. The Morgan fingerprint density at radius 1 is 1.35 bits per heavy atom. The number of benzene rings is 1. The van der Waals surface area contributed by atoms with Crippen LogP contribution in [0, 0.1) is 0 Å². The Morgan fingerprint density at radius 2 is 2.09 bits per heavy atom.